The molecule has 0 fully saturated rings. The standard InChI is InChI=1S/C25H24N2O5/c1-17-3-8-20(9-4-17)26-24(29)15-31-22-12-7-19(14-28)23(13-22)32-16-25(30)27-21-10-5-18(2)6-11-21/h3-14H,15-16H2,1-2H3,(H,26,29)(H,27,30). The van der Waals surface area contributed by atoms with Gasteiger partial charge in [0.2, 0.25) is 0 Å². The monoisotopic (exact) mass is 432 g/mol. The second kappa shape index (κ2) is 10.8. The van der Waals surface area contributed by atoms with E-state index in [4.69, 9.17) is 9.47 Å². The molecule has 0 aliphatic carbocycles. The molecule has 0 aliphatic rings. The minimum atomic E-state index is -0.366. The van der Waals surface area contributed by atoms with Crippen LogP contribution in [-0.4, -0.2) is 31.3 Å². The highest BCUT2D eigenvalue weighted by atomic mass is 16.5. The summed E-state index contributed by atoms with van der Waals surface area (Å²) in [7, 11) is 0. The van der Waals surface area contributed by atoms with Gasteiger partial charge in [0.25, 0.3) is 11.8 Å². The van der Waals surface area contributed by atoms with Gasteiger partial charge in [0.1, 0.15) is 11.5 Å². The van der Waals surface area contributed by atoms with Gasteiger partial charge >= 0.3 is 0 Å². The van der Waals surface area contributed by atoms with Crippen LogP contribution in [0.4, 0.5) is 11.4 Å². The number of hydrogen-bond acceptors (Lipinski definition) is 5. The molecule has 7 nitrogen and oxygen atoms in total. The fourth-order valence-corrected chi connectivity index (χ4v) is 2.79. The van der Waals surface area contributed by atoms with Crippen LogP contribution in [0.1, 0.15) is 21.5 Å². The van der Waals surface area contributed by atoms with Gasteiger partial charge in [0.05, 0.1) is 5.56 Å². The number of rotatable bonds is 9. The van der Waals surface area contributed by atoms with Crippen LogP contribution < -0.4 is 20.1 Å². The molecule has 0 atom stereocenters. The average Bonchev–Trinajstić information content (AvgIpc) is 2.79. The molecule has 0 aliphatic heterocycles. The van der Waals surface area contributed by atoms with Crippen molar-refractivity contribution in [1.82, 2.24) is 0 Å². The van der Waals surface area contributed by atoms with E-state index in [1.54, 1.807) is 30.3 Å². The van der Waals surface area contributed by atoms with Crippen molar-refractivity contribution >= 4 is 29.5 Å². The van der Waals surface area contributed by atoms with E-state index < -0.39 is 0 Å². The van der Waals surface area contributed by atoms with E-state index in [1.807, 2.05) is 38.1 Å². The molecule has 32 heavy (non-hydrogen) atoms. The maximum atomic E-state index is 12.2. The van der Waals surface area contributed by atoms with Crippen molar-refractivity contribution in [2.45, 2.75) is 13.8 Å². The Hall–Kier alpha value is -4.13. The Morgan fingerprint density at radius 3 is 1.75 bits per heavy atom. The maximum Gasteiger partial charge on any atom is 0.262 e. The van der Waals surface area contributed by atoms with Gasteiger partial charge in [-0.25, -0.2) is 0 Å². The largest absolute Gasteiger partial charge is 0.484 e. The number of carbonyl (C=O) groups excluding carboxylic acids is 3. The maximum absolute atomic E-state index is 12.2. The van der Waals surface area contributed by atoms with Gasteiger partial charge in [-0.15, -0.1) is 0 Å². The van der Waals surface area contributed by atoms with Crippen LogP contribution in [0.5, 0.6) is 11.5 Å². The lowest BCUT2D eigenvalue weighted by atomic mass is 10.2. The summed E-state index contributed by atoms with van der Waals surface area (Å²) in [6, 6.07) is 19.3. The number of ether oxygens (including phenoxy) is 2. The number of nitrogens with one attached hydrogen (secondary N) is 2. The first kappa shape index (κ1) is 22.6. The molecule has 0 saturated heterocycles. The quantitative estimate of drug-likeness (QED) is 0.496. The zero-order valence-corrected chi connectivity index (χ0v) is 17.9. The third-order valence-corrected chi connectivity index (χ3v) is 4.51. The van der Waals surface area contributed by atoms with Crippen LogP contribution in [0, 0.1) is 13.8 Å². The molecular weight excluding hydrogens is 408 g/mol. The van der Waals surface area contributed by atoms with Crippen molar-refractivity contribution in [3.63, 3.8) is 0 Å². The van der Waals surface area contributed by atoms with Gasteiger partial charge in [0, 0.05) is 17.4 Å². The van der Waals surface area contributed by atoms with E-state index in [9.17, 15) is 14.4 Å². The average molecular weight is 432 g/mol. The van der Waals surface area contributed by atoms with Crippen molar-refractivity contribution in [1.29, 1.82) is 0 Å². The lowest BCUT2D eigenvalue weighted by Gasteiger charge is -2.12. The molecule has 0 radical (unpaired) electrons. The first-order chi connectivity index (χ1) is 15.4. The van der Waals surface area contributed by atoms with Crippen LogP contribution >= 0.6 is 0 Å². The Morgan fingerprint density at radius 2 is 1.25 bits per heavy atom. The Labute approximate surface area is 186 Å². The molecule has 7 heteroatoms. The van der Waals surface area contributed by atoms with Crippen molar-refractivity contribution in [2.75, 3.05) is 23.8 Å². The van der Waals surface area contributed by atoms with Crippen LogP contribution in [0.25, 0.3) is 0 Å². The smallest absolute Gasteiger partial charge is 0.262 e. The van der Waals surface area contributed by atoms with Gasteiger partial charge in [-0.1, -0.05) is 35.4 Å². The highest BCUT2D eigenvalue weighted by Gasteiger charge is 2.10. The summed E-state index contributed by atoms with van der Waals surface area (Å²) in [5.74, 6) is -0.165. The summed E-state index contributed by atoms with van der Waals surface area (Å²) in [5, 5.41) is 5.46. The molecule has 3 rings (SSSR count). The van der Waals surface area contributed by atoms with E-state index in [2.05, 4.69) is 10.6 Å². The lowest BCUT2D eigenvalue weighted by Crippen LogP contribution is -2.21. The van der Waals surface area contributed by atoms with E-state index >= 15 is 0 Å². The van der Waals surface area contributed by atoms with Crippen molar-refractivity contribution in [3.8, 4) is 11.5 Å². The van der Waals surface area contributed by atoms with Crippen LogP contribution in [0.15, 0.2) is 66.7 Å². The Kier molecular flexibility index (Phi) is 7.59. The van der Waals surface area contributed by atoms with Crippen molar-refractivity contribution < 1.29 is 23.9 Å². The SMILES string of the molecule is Cc1ccc(NC(=O)COc2ccc(C=O)c(OCC(=O)Nc3ccc(C)cc3)c2)cc1. The zero-order chi connectivity index (χ0) is 22.9. The molecule has 0 bridgehead atoms. The topological polar surface area (TPSA) is 93.7 Å². The number of aldehydes is 1. The van der Waals surface area contributed by atoms with Gasteiger partial charge in [0.15, 0.2) is 19.5 Å². The highest BCUT2D eigenvalue weighted by Crippen LogP contribution is 2.24. The Balaban J connectivity index is 1.55. The molecule has 2 N–H and O–H groups in total. The molecule has 0 unspecified atom stereocenters. The third-order valence-electron chi connectivity index (χ3n) is 4.51. The number of carbonyl (C=O) groups is 3. The molecule has 3 aromatic rings. The second-order valence-corrected chi connectivity index (χ2v) is 7.22. The first-order valence-electron chi connectivity index (χ1n) is 10.0. The number of anilines is 2. The van der Waals surface area contributed by atoms with E-state index in [0.29, 0.717) is 23.4 Å². The number of aryl methyl sites for hydroxylation is 2. The van der Waals surface area contributed by atoms with Crippen LogP contribution in [0.2, 0.25) is 0 Å². The molecular formula is C25H24N2O5. The molecule has 0 saturated carbocycles. The minimum absolute atomic E-state index is 0.190. The number of hydrogen-bond donors (Lipinski definition) is 2. The summed E-state index contributed by atoms with van der Waals surface area (Å²) in [4.78, 5) is 35.6. The van der Waals surface area contributed by atoms with Gasteiger partial charge in [-0.05, 0) is 50.2 Å². The zero-order valence-electron chi connectivity index (χ0n) is 17.9. The fraction of sp³-hybridized carbons (Fsp3) is 0.160. The number of benzene rings is 3. The summed E-state index contributed by atoms with van der Waals surface area (Å²) in [6.07, 6.45) is 0.626. The molecule has 3 aromatic carbocycles. The summed E-state index contributed by atoms with van der Waals surface area (Å²) < 4.78 is 11.0. The van der Waals surface area contributed by atoms with Crippen molar-refractivity contribution in [2.24, 2.45) is 0 Å². The van der Waals surface area contributed by atoms with Crippen LogP contribution in [-0.2, 0) is 9.59 Å². The molecule has 0 heterocycles. The second-order valence-electron chi connectivity index (χ2n) is 7.22. The van der Waals surface area contributed by atoms with Gasteiger partial charge in [-0.3, -0.25) is 14.4 Å². The Morgan fingerprint density at radius 1 is 0.750 bits per heavy atom. The normalized spacial score (nSPS) is 10.2. The first-order valence-corrected chi connectivity index (χ1v) is 10.0. The summed E-state index contributed by atoms with van der Waals surface area (Å²) in [6.45, 7) is 3.41. The third kappa shape index (κ3) is 6.70. The van der Waals surface area contributed by atoms with Gasteiger partial charge < -0.3 is 20.1 Å². The predicted molar refractivity (Wildman–Crippen MR) is 122 cm³/mol. The van der Waals surface area contributed by atoms with E-state index in [-0.39, 0.29) is 36.3 Å². The highest BCUT2D eigenvalue weighted by molar-refractivity contribution is 5.92. The molecule has 2 amide bonds. The Bertz CT molecular complexity index is 1090. The lowest BCUT2D eigenvalue weighted by molar-refractivity contribution is -0.118. The fourth-order valence-electron chi connectivity index (χ4n) is 2.79. The molecule has 0 aromatic heterocycles. The van der Waals surface area contributed by atoms with Gasteiger partial charge in [-0.2, -0.15) is 0 Å². The van der Waals surface area contributed by atoms with Crippen molar-refractivity contribution in [3.05, 3.63) is 83.4 Å². The molecule has 0 spiro atoms. The minimum Gasteiger partial charge on any atom is -0.484 e. The predicted octanol–water partition coefficient (Wildman–Crippen LogP) is 4.15. The summed E-state index contributed by atoms with van der Waals surface area (Å²) in [5.41, 5.74) is 3.76. The van der Waals surface area contributed by atoms with Crippen LogP contribution in [0.3, 0.4) is 0 Å². The number of amides is 2. The summed E-state index contributed by atoms with van der Waals surface area (Å²) >= 11 is 0. The van der Waals surface area contributed by atoms with E-state index in [1.165, 1.54) is 12.1 Å². The molecule has 164 valence electrons. The van der Waals surface area contributed by atoms with E-state index in [0.717, 1.165) is 11.1 Å².